The van der Waals surface area contributed by atoms with Gasteiger partial charge in [0.1, 0.15) is 0 Å². The summed E-state index contributed by atoms with van der Waals surface area (Å²) in [6.07, 6.45) is 1.38. The van der Waals surface area contributed by atoms with Crippen LogP contribution in [0.1, 0.15) is 37.5 Å². The Morgan fingerprint density at radius 3 is 2.27 bits per heavy atom. The number of hydrogen-bond acceptors (Lipinski definition) is 5. The van der Waals surface area contributed by atoms with Crippen LogP contribution in [0.4, 0.5) is 5.69 Å². The van der Waals surface area contributed by atoms with Gasteiger partial charge in [0.05, 0.1) is 16.0 Å². The van der Waals surface area contributed by atoms with Crippen molar-refractivity contribution in [3.8, 4) is 0 Å². The van der Waals surface area contributed by atoms with Crippen molar-refractivity contribution in [1.29, 1.82) is 0 Å². The third-order valence-electron chi connectivity index (χ3n) is 3.85. The predicted octanol–water partition coefficient (Wildman–Crippen LogP) is 3.51. The van der Waals surface area contributed by atoms with Gasteiger partial charge in [-0.15, -0.1) is 0 Å². The summed E-state index contributed by atoms with van der Waals surface area (Å²) in [7, 11) is -3.99. The number of hydrogen-bond donors (Lipinski definition) is 1. The van der Waals surface area contributed by atoms with E-state index in [9.17, 15) is 18.5 Å². The van der Waals surface area contributed by atoms with Crippen molar-refractivity contribution in [1.82, 2.24) is 4.83 Å². The van der Waals surface area contributed by atoms with Crippen molar-refractivity contribution < 1.29 is 13.3 Å². The molecule has 0 aliphatic heterocycles. The molecule has 0 atom stereocenters. The first-order valence-corrected chi connectivity index (χ1v) is 9.39. The Hall–Kier alpha value is -2.74. The van der Waals surface area contributed by atoms with Crippen LogP contribution in [0.15, 0.2) is 52.5 Å². The second-order valence-electron chi connectivity index (χ2n) is 6.93. The number of hydrazone groups is 1. The molecule has 0 unspecified atom stereocenters. The highest BCUT2D eigenvalue weighted by Crippen LogP contribution is 2.23. The molecule has 0 bridgehead atoms. The van der Waals surface area contributed by atoms with Crippen molar-refractivity contribution in [2.24, 2.45) is 5.10 Å². The fraction of sp³-hybridized carbons (Fsp3) is 0.278. The molecule has 26 heavy (non-hydrogen) atoms. The minimum absolute atomic E-state index is 0.0252. The van der Waals surface area contributed by atoms with E-state index in [2.05, 4.69) is 30.7 Å². The molecule has 0 saturated heterocycles. The van der Waals surface area contributed by atoms with Gasteiger partial charge in [-0.25, -0.2) is 4.83 Å². The zero-order valence-electron chi connectivity index (χ0n) is 15.1. The number of nitrogens with one attached hydrogen (secondary N) is 1. The molecule has 0 fully saturated rings. The van der Waals surface area contributed by atoms with Crippen LogP contribution in [0.2, 0.25) is 0 Å². The Balaban J connectivity index is 2.16. The molecule has 2 aromatic rings. The summed E-state index contributed by atoms with van der Waals surface area (Å²) in [6, 6.07) is 11.3. The van der Waals surface area contributed by atoms with Gasteiger partial charge < -0.3 is 0 Å². The van der Waals surface area contributed by atoms with Gasteiger partial charge in [-0.2, -0.15) is 13.5 Å². The van der Waals surface area contributed by atoms with E-state index < -0.39 is 14.9 Å². The van der Waals surface area contributed by atoms with E-state index in [-0.39, 0.29) is 16.0 Å². The van der Waals surface area contributed by atoms with Crippen LogP contribution in [-0.4, -0.2) is 19.6 Å². The molecule has 138 valence electrons. The Morgan fingerprint density at radius 2 is 1.73 bits per heavy atom. The van der Waals surface area contributed by atoms with Gasteiger partial charge in [0.15, 0.2) is 0 Å². The molecule has 0 saturated carbocycles. The van der Waals surface area contributed by atoms with Crippen molar-refractivity contribution in [2.75, 3.05) is 0 Å². The fourth-order valence-electron chi connectivity index (χ4n) is 2.25. The molecular weight excluding hydrogens is 354 g/mol. The van der Waals surface area contributed by atoms with Gasteiger partial charge in [0.25, 0.3) is 15.7 Å². The molecular formula is C18H21N3O4S. The normalized spacial score (nSPS) is 12.3. The number of sulfonamides is 1. The van der Waals surface area contributed by atoms with Crippen molar-refractivity contribution >= 4 is 21.9 Å². The monoisotopic (exact) mass is 375 g/mol. The standard InChI is InChI=1S/C18H21N3O4S/c1-13-5-10-16(11-17(13)21(22)23)26(24,25)20-19-12-14-6-8-15(9-7-14)18(2,3)4/h5-12,20H,1-4H3/b19-12+. The van der Waals surface area contributed by atoms with E-state index in [1.165, 1.54) is 18.3 Å². The average Bonchev–Trinajstić information content (AvgIpc) is 2.54. The lowest BCUT2D eigenvalue weighted by molar-refractivity contribution is -0.385. The largest absolute Gasteiger partial charge is 0.276 e. The van der Waals surface area contributed by atoms with Gasteiger partial charge in [0.2, 0.25) is 0 Å². The zero-order chi connectivity index (χ0) is 19.5. The smallest absolute Gasteiger partial charge is 0.258 e. The summed E-state index contributed by atoms with van der Waals surface area (Å²) in [6.45, 7) is 7.85. The SMILES string of the molecule is Cc1ccc(S(=O)(=O)N/N=C/c2ccc(C(C)(C)C)cc2)cc1[N+](=O)[O-]. The van der Waals surface area contributed by atoms with Crippen molar-refractivity contribution in [3.05, 3.63) is 69.3 Å². The lowest BCUT2D eigenvalue weighted by Crippen LogP contribution is -2.18. The minimum Gasteiger partial charge on any atom is -0.258 e. The van der Waals surface area contributed by atoms with Crippen LogP contribution in [0.3, 0.4) is 0 Å². The van der Waals surface area contributed by atoms with Gasteiger partial charge in [-0.05, 0) is 29.5 Å². The summed E-state index contributed by atoms with van der Waals surface area (Å²) in [5.41, 5.74) is 2.04. The third-order valence-corrected chi connectivity index (χ3v) is 5.07. The van der Waals surface area contributed by atoms with E-state index in [0.29, 0.717) is 5.56 Å². The zero-order valence-corrected chi connectivity index (χ0v) is 15.9. The Morgan fingerprint density at radius 1 is 1.12 bits per heavy atom. The maximum absolute atomic E-state index is 12.2. The van der Waals surface area contributed by atoms with Crippen LogP contribution in [-0.2, 0) is 15.4 Å². The number of rotatable bonds is 5. The Kier molecular flexibility index (Phi) is 5.46. The molecule has 1 N–H and O–H groups in total. The molecule has 0 aromatic heterocycles. The van der Waals surface area contributed by atoms with Crippen LogP contribution in [0.25, 0.3) is 0 Å². The van der Waals surface area contributed by atoms with E-state index in [1.807, 2.05) is 24.3 Å². The number of nitro benzene ring substituents is 1. The summed E-state index contributed by atoms with van der Waals surface area (Å²) in [5, 5.41) is 14.7. The lowest BCUT2D eigenvalue weighted by atomic mass is 9.87. The van der Waals surface area contributed by atoms with Crippen LogP contribution >= 0.6 is 0 Å². The van der Waals surface area contributed by atoms with E-state index in [0.717, 1.165) is 17.2 Å². The van der Waals surface area contributed by atoms with Crippen molar-refractivity contribution in [2.45, 2.75) is 38.0 Å². The van der Waals surface area contributed by atoms with Gasteiger partial charge >= 0.3 is 0 Å². The second kappa shape index (κ2) is 7.25. The highest BCUT2D eigenvalue weighted by atomic mass is 32.2. The van der Waals surface area contributed by atoms with E-state index >= 15 is 0 Å². The van der Waals surface area contributed by atoms with Gasteiger partial charge in [-0.3, -0.25) is 10.1 Å². The molecule has 0 amide bonds. The minimum atomic E-state index is -3.99. The van der Waals surface area contributed by atoms with E-state index in [4.69, 9.17) is 0 Å². The van der Waals surface area contributed by atoms with Crippen LogP contribution < -0.4 is 4.83 Å². The quantitative estimate of drug-likeness (QED) is 0.491. The molecule has 0 radical (unpaired) electrons. The number of aryl methyl sites for hydroxylation is 1. The molecule has 0 aliphatic rings. The van der Waals surface area contributed by atoms with Gasteiger partial charge in [0, 0.05) is 11.6 Å². The first kappa shape index (κ1) is 19.6. The van der Waals surface area contributed by atoms with Crippen molar-refractivity contribution in [3.63, 3.8) is 0 Å². The highest BCUT2D eigenvalue weighted by Gasteiger charge is 2.19. The number of nitro groups is 1. The summed E-state index contributed by atoms with van der Waals surface area (Å²) in [5.74, 6) is 0. The van der Waals surface area contributed by atoms with Crippen LogP contribution in [0, 0.1) is 17.0 Å². The summed E-state index contributed by atoms with van der Waals surface area (Å²) in [4.78, 5) is 12.2. The fourth-order valence-corrected chi connectivity index (χ4v) is 3.06. The maximum Gasteiger partial charge on any atom is 0.276 e. The maximum atomic E-state index is 12.2. The van der Waals surface area contributed by atoms with Crippen LogP contribution in [0.5, 0.6) is 0 Å². The first-order chi connectivity index (χ1) is 12.0. The van der Waals surface area contributed by atoms with E-state index in [1.54, 1.807) is 6.92 Å². The molecule has 2 aromatic carbocycles. The summed E-state index contributed by atoms with van der Waals surface area (Å²) < 4.78 is 24.5. The number of benzene rings is 2. The molecule has 0 aliphatic carbocycles. The molecule has 0 spiro atoms. The Labute approximate surface area is 153 Å². The lowest BCUT2D eigenvalue weighted by Gasteiger charge is -2.18. The van der Waals surface area contributed by atoms with Gasteiger partial charge in [-0.1, -0.05) is 51.1 Å². The third kappa shape index (κ3) is 4.66. The molecule has 2 rings (SSSR count). The Bertz CT molecular complexity index is 943. The first-order valence-electron chi connectivity index (χ1n) is 7.91. The molecule has 7 nitrogen and oxygen atoms in total. The topological polar surface area (TPSA) is 102 Å². The summed E-state index contributed by atoms with van der Waals surface area (Å²) >= 11 is 0. The number of nitrogens with zero attached hydrogens (tertiary/aromatic N) is 2. The molecule has 0 heterocycles. The highest BCUT2D eigenvalue weighted by molar-refractivity contribution is 7.89. The molecule has 8 heteroatoms. The second-order valence-corrected chi connectivity index (χ2v) is 8.59. The average molecular weight is 375 g/mol. The predicted molar refractivity (Wildman–Crippen MR) is 101 cm³/mol.